The first-order valence-electron chi connectivity index (χ1n) is 2.94. The molecule has 3 heteroatoms. The van der Waals surface area contributed by atoms with Gasteiger partial charge in [0.1, 0.15) is 0 Å². The summed E-state index contributed by atoms with van der Waals surface area (Å²) in [5, 5.41) is 6.88. The number of nitrogens with one attached hydrogen (secondary N) is 2. The van der Waals surface area contributed by atoms with Gasteiger partial charge in [-0.3, -0.25) is 4.79 Å². The standard InChI is InChI=1S/C7H8N2O/c1-5-2-3-9-7(10)6(5)4-8/h2-4,8H,1H3,(H,9,10). The van der Waals surface area contributed by atoms with E-state index in [0.717, 1.165) is 11.8 Å². The maximum absolute atomic E-state index is 10.9. The zero-order chi connectivity index (χ0) is 7.56. The first-order valence-corrected chi connectivity index (χ1v) is 2.94. The SMILES string of the molecule is Cc1cc[nH]c(=O)c1C=N. The number of aryl methyl sites for hydroxylation is 1. The third-order valence-electron chi connectivity index (χ3n) is 1.36. The second-order valence-corrected chi connectivity index (χ2v) is 2.05. The highest BCUT2D eigenvalue weighted by Crippen LogP contribution is 1.94. The molecule has 0 aliphatic rings. The molecule has 0 aliphatic carbocycles. The van der Waals surface area contributed by atoms with Crippen LogP contribution in [0.2, 0.25) is 0 Å². The summed E-state index contributed by atoms with van der Waals surface area (Å²) in [5.41, 5.74) is 1.07. The molecule has 0 saturated carbocycles. The van der Waals surface area contributed by atoms with Crippen molar-refractivity contribution in [3.63, 3.8) is 0 Å². The van der Waals surface area contributed by atoms with Crippen molar-refractivity contribution in [2.75, 3.05) is 0 Å². The number of H-pyrrole nitrogens is 1. The Labute approximate surface area is 58.2 Å². The highest BCUT2D eigenvalue weighted by Gasteiger charge is 1.96. The number of rotatable bonds is 1. The van der Waals surface area contributed by atoms with Crippen LogP contribution in [0, 0.1) is 12.3 Å². The Bertz CT molecular complexity index is 301. The minimum absolute atomic E-state index is 0.199. The molecule has 10 heavy (non-hydrogen) atoms. The van der Waals surface area contributed by atoms with Crippen LogP contribution in [0.15, 0.2) is 17.1 Å². The highest BCUT2D eigenvalue weighted by atomic mass is 16.1. The van der Waals surface area contributed by atoms with Crippen molar-refractivity contribution in [2.24, 2.45) is 0 Å². The highest BCUT2D eigenvalue weighted by molar-refractivity contribution is 5.78. The van der Waals surface area contributed by atoms with Crippen molar-refractivity contribution < 1.29 is 0 Å². The van der Waals surface area contributed by atoms with E-state index in [1.54, 1.807) is 19.2 Å². The summed E-state index contributed by atoms with van der Waals surface area (Å²) in [7, 11) is 0. The maximum atomic E-state index is 10.9. The predicted octanol–water partition coefficient (Wildman–Crippen LogP) is 0.681. The largest absolute Gasteiger partial charge is 0.329 e. The van der Waals surface area contributed by atoms with Gasteiger partial charge in [-0.05, 0) is 18.6 Å². The molecule has 0 fully saturated rings. The Morgan fingerprint density at radius 2 is 2.40 bits per heavy atom. The van der Waals surface area contributed by atoms with Gasteiger partial charge in [0.2, 0.25) is 0 Å². The molecule has 0 bridgehead atoms. The first kappa shape index (κ1) is 6.74. The van der Waals surface area contributed by atoms with Crippen LogP contribution in [0.4, 0.5) is 0 Å². The van der Waals surface area contributed by atoms with Gasteiger partial charge in [0.25, 0.3) is 5.56 Å². The molecule has 0 radical (unpaired) electrons. The summed E-state index contributed by atoms with van der Waals surface area (Å²) < 4.78 is 0. The summed E-state index contributed by atoms with van der Waals surface area (Å²) in [6.45, 7) is 1.80. The van der Waals surface area contributed by atoms with Crippen molar-refractivity contribution in [1.82, 2.24) is 4.98 Å². The zero-order valence-corrected chi connectivity index (χ0v) is 5.64. The number of aromatic amines is 1. The monoisotopic (exact) mass is 136 g/mol. The molecule has 0 amide bonds. The van der Waals surface area contributed by atoms with Crippen LogP contribution in [0.3, 0.4) is 0 Å². The van der Waals surface area contributed by atoms with Gasteiger partial charge >= 0.3 is 0 Å². The van der Waals surface area contributed by atoms with Crippen LogP contribution in [0.25, 0.3) is 0 Å². The first-order chi connectivity index (χ1) is 4.75. The third-order valence-corrected chi connectivity index (χ3v) is 1.36. The van der Waals surface area contributed by atoms with Crippen LogP contribution in [0.1, 0.15) is 11.1 Å². The predicted molar refractivity (Wildman–Crippen MR) is 39.7 cm³/mol. The number of hydrogen-bond acceptors (Lipinski definition) is 2. The molecule has 0 aromatic carbocycles. The summed E-state index contributed by atoms with van der Waals surface area (Å²) >= 11 is 0. The van der Waals surface area contributed by atoms with Gasteiger partial charge < -0.3 is 10.4 Å². The molecule has 0 atom stereocenters. The van der Waals surface area contributed by atoms with Crippen molar-refractivity contribution >= 4 is 6.21 Å². The van der Waals surface area contributed by atoms with E-state index in [1.807, 2.05) is 0 Å². The molecule has 2 N–H and O–H groups in total. The van der Waals surface area contributed by atoms with Crippen LogP contribution in [-0.2, 0) is 0 Å². The fourth-order valence-corrected chi connectivity index (χ4v) is 0.768. The van der Waals surface area contributed by atoms with Crippen molar-refractivity contribution in [3.8, 4) is 0 Å². The fraction of sp³-hybridized carbons (Fsp3) is 0.143. The molecule has 1 aromatic heterocycles. The molecule has 0 saturated heterocycles. The van der Waals surface area contributed by atoms with E-state index in [1.165, 1.54) is 0 Å². The van der Waals surface area contributed by atoms with Gasteiger partial charge in [0.15, 0.2) is 0 Å². The van der Waals surface area contributed by atoms with Gasteiger partial charge in [0.05, 0.1) is 5.56 Å². The summed E-state index contributed by atoms with van der Waals surface area (Å²) in [6.07, 6.45) is 2.64. The van der Waals surface area contributed by atoms with E-state index in [9.17, 15) is 4.79 Å². The van der Waals surface area contributed by atoms with Gasteiger partial charge in [-0.25, -0.2) is 0 Å². The second kappa shape index (κ2) is 2.47. The lowest BCUT2D eigenvalue weighted by Crippen LogP contribution is -2.12. The van der Waals surface area contributed by atoms with Crippen LogP contribution in [0.5, 0.6) is 0 Å². The molecule has 0 spiro atoms. The topological polar surface area (TPSA) is 56.7 Å². The van der Waals surface area contributed by atoms with Crippen LogP contribution < -0.4 is 5.56 Å². The summed E-state index contributed by atoms with van der Waals surface area (Å²) in [4.78, 5) is 13.3. The molecule has 0 aliphatic heterocycles. The van der Waals surface area contributed by atoms with Crippen molar-refractivity contribution in [1.29, 1.82) is 5.41 Å². The van der Waals surface area contributed by atoms with E-state index in [2.05, 4.69) is 4.98 Å². The third kappa shape index (κ3) is 0.978. The molecule has 1 heterocycles. The Morgan fingerprint density at radius 1 is 1.70 bits per heavy atom. The Balaban J connectivity index is 3.45. The van der Waals surface area contributed by atoms with Crippen LogP contribution >= 0.6 is 0 Å². The number of pyridine rings is 1. The van der Waals surface area contributed by atoms with Gasteiger partial charge in [0, 0.05) is 12.4 Å². The fourth-order valence-electron chi connectivity index (χ4n) is 0.768. The average molecular weight is 136 g/mol. The van der Waals surface area contributed by atoms with E-state index in [4.69, 9.17) is 5.41 Å². The van der Waals surface area contributed by atoms with Crippen molar-refractivity contribution in [3.05, 3.63) is 33.7 Å². The summed E-state index contributed by atoms with van der Waals surface area (Å²) in [6, 6.07) is 1.77. The minimum atomic E-state index is -0.199. The van der Waals surface area contributed by atoms with Gasteiger partial charge in [-0.15, -0.1) is 0 Å². The average Bonchev–Trinajstić information content (AvgIpc) is 1.88. The lowest BCUT2D eigenvalue weighted by Gasteiger charge is -1.93. The Kier molecular flexibility index (Phi) is 1.67. The quantitative estimate of drug-likeness (QED) is 0.548. The van der Waals surface area contributed by atoms with Gasteiger partial charge in [-0.1, -0.05) is 0 Å². The maximum Gasteiger partial charge on any atom is 0.257 e. The zero-order valence-electron chi connectivity index (χ0n) is 5.64. The van der Waals surface area contributed by atoms with E-state index in [0.29, 0.717) is 5.56 Å². The molecule has 1 aromatic rings. The molecule has 1 rings (SSSR count). The Morgan fingerprint density at radius 3 is 2.80 bits per heavy atom. The molecular weight excluding hydrogens is 128 g/mol. The summed E-state index contributed by atoms with van der Waals surface area (Å²) in [5.74, 6) is 0. The smallest absolute Gasteiger partial charge is 0.257 e. The number of hydrogen-bond donors (Lipinski definition) is 2. The van der Waals surface area contributed by atoms with Crippen LogP contribution in [-0.4, -0.2) is 11.2 Å². The number of aromatic nitrogens is 1. The van der Waals surface area contributed by atoms with E-state index < -0.39 is 0 Å². The lowest BCUT2D eigenvalue weighted by molar-refractivity contribution is 1.19. The minimum Gasteiger partial charge on any atom is -0.329 e. The second-order valence-electron chi connectivity index (χ2n) is 2.05. The van der Waals surface area contributed by atoms with E-state index >= 15 is 0 Å². The van der Waals surface area contributed by atoms with E-state index in [-0.39, 0.29) is 5.56 Å². The van der Waals surface area contributed by atoms with Crippen molar-refractivity contribution in [2.45, 2.75) is 6.92 Å². The molecule has 0 unspecified atom stereocenters. The lowest BCUT2D eigenvalue weighted by atomic mass is 10.2. The molecule has 3 nitrogen and oxygen atoms in total. The molecule has 52 valence electrons. The molecular formula is C7H8N2O. The normalized spacial score (nSPS) is 9.30. The van der Waals surface area contributed by atoms with Gasteiger partial charge in [-0.2, -0.15) is 0 Å². The Hall–Kier alpha value is -1.38.